The summed E-state index contributed by atoms with van der Waals surface area (Å²) in [6.07, 6.45) is 16.6. The molecule has 1 aromatic rings. The molecule has 0 saturated heterocycles. The molecule has 1 fully saturated rings. The first-order valence-corrected chi connectivity index (χ1v) is 12.8. The maximum atomic E-state index is 9.69. The van der Waals surface area contributed by atoms with E-state index >= 15 is 0 Å². The van der Waals surface area contributed by atoms with Crippen molar-refractivity contribution < 1.29 is 4.79 Å². The zero-order valence-electron chi connectivity index (χ0n) is 21.3. The second kappa shape index (κ2) is 17.8. The van der Waals surface area contributed by atoms with Crippen LogP contribution in [0.25, 0.3) is 0 Å². The first-order chi connectivity index (χ1) is 15.1. The summed E-state index contributed by atoms with van der Waals surface area (Å²) in [7, 11) is 0. The molecular weight excluding hydrogens is 456 g/mol. The molecule has 1 atom stereocenters. The monoisotopic (exact) mass is 500 g/mol. The van der Waals surface area contributed by atoms with Gasteiger partial charge in [0.15, 0.2) is 5.78 Å². The normalized spacial score (nSPS) is 15.3. The molecule has 0 amide bonds. The van der Waals surface area contributed by atoms with Crippen molar-refractivity contribution in [2.75, 3.05) is 0 Å². The number of carbonyl (C=O) groups excluding carboxylic acids is 1. The van der Waals surface area contributed by atoms with Crippen LogP contribution in [0.1, 0.15) is 78.7 Å². The number of rotatable bonds is 7. The molecule has 0 aliphatic heterocycles. The molecule has 0 radical (unpaired) electrons. The maximum Gasteiger partial charge on any atom is 0.152 e. The standard InChI is InChI=1S/C19H32.C7H7Br.C4H6O/c1-6-16(4)14-19(13-12-17(5)15(2)3)18-10-8-7-9-11-18;1-6-2-4-7(8)5-3-6;1-3-4(2)5/h12-16,18H,5-11H2,1-4H3;2-5H,1H3;3H,1H2,2H3/b13-12-,19-14+;;. The Morgan fingerprint density at radius 3 is 2.03 bits per heavy atom. The van der Waals surface area contributed by atoms with Gasteiger partial charge in [-0.15, -0.1) is 0 Å². The highest BCUT2D eigenvalue weighted by atomic mass is 79.9. The molecule has 1 unspecified atom stereocenters. The molecule has 0 bridgehead atoms. The molecule has 2 heteroatoms. The Kier molecular flexibility index (Phi) is 16.9. The molecule has 0 heterocycles. The smallest absolute Gasteiger partial charge is 0.152 e. The van der Waals surface area contributed by atoms with E-state index in [0.29, 0.717) is 11.8 Å². The maximum absolute atomic E-state index is 9.69. The highest BCUT2D eigenvalue weighted by molar-refractivity contribution is 9.10. The van der Waals surface area contributed by atoms with Crippen molar-refractivity contribution in [2.45, 2.75) is 80.1 Å². The minimum absolute atomic E-state index is 0.0185. The number of benzene rings is 1. The van der Waals surface area contributed by atoms with Gasteiger partial charge in [-0.25, -0.2) is 0 Å². The van der Waals surface area contributed by atoms with Crippen molar-refractivity contribution in [1.29, 1.82) is 0 Å². The van der Waals surface area contributed by atoms with Gasteiger partial charge in [-0.3, -0.25) is 4.79 Å². The largest absolute Gasteiger partial charge is 0.295 e. The van der Waals surface area contributed by atoms with Gasteiger partial charge in [-0.1, -0.05) is 124 Å². The van der Waals surface area contributed by atoms with E-state index in [9.17, 15) is 4.79 Å². The fourth-order valence-corrected chi connectivity index (χ4v) is 3.40. The predicted octanol–water partition coefficient (Wildman–Crippen LogP) is 9.83. The van der Waals surface area contributed by atoms with E-state index in [1.54, 1.807) is 5.57 Å². The SMILES string of the molecule is C=C(/C=C\C(=C/C(C)CC)C1CCCCC1)C(C)C.C=CC(C)=O.Cc1ccc(Br)cc1. The summed E-state index contributed by atoms with van der Waals surface area (Å²) in [6.45, 7) is 19.9. The average molecular weight is 502 g/mol. The molecular formula is C30H45BrO. The molecule has 32 heavy (non-hydrogen) atoms. The minimum atomic E-state index is 0.0185. The third-order valence-corrected chi connectivity index (χ3v) is 6.26. The van der Waals surface area contributed by atoms with Gasteiger partial charge in [0.25, 0.3) is 0 Å². The Balaban J connectivity index is 0.000000602. The van der Waals surface area contributed by atoms with Crippen LogP contribution in [0.4, 0.5) is 0 Å². The molecule has 0 spiro atoms. The third-order valence-electron chi connectivity index (χ3n) is 5.73. The van der Waals surface area contributed by atoms with Crippen LogP contribution in [0, 0.1) is 24.7 Å². The summed E-state index contributed by atoms with van der Waals surface area (Å²) in [5.74, 6) is 2.05. The van der Waals surface area contributed by atoms with Gasteiger partial charge in [-0.05, 0) is 68.2 Å². The lowest BCUT2D eigenvalue weighted by atomic mass is 9.82. The number of carbonyl (C=O) groups is 1. The van der Waals surface area contributed by atoms with Crippen LogP contribution in [0.15, 0.2) is 77.3 Å². The molecule has 0 N–H and O–H groups in total. The van der Waals surface area contributed by atoms with E-state index in [-0.39, 0.29) is 5.78 Å². The van der Waals surface area contributed by atoms with E-state index in [0.717, 1.165) is 10.4 Å². The Morgan fingerprint density at radius 2 is 1.62 bits per heavy atom. The van der Waals surface area contributed by atoms with Crippen molar-refractivity contribution in [3.05, 3.63) is 82.9 Å². The van der Waals surface area contributed by atoms with Gasteiger partial charge in [0.1, 0.15) is 0 Å². The second-order valence-electron chi connectivity index (χ2n) is 9.06. The first kappa shape index (κ1) is 30.3. The fraction of sp³-hybridized carbons (Fsp3) is 0.500. The van der Waals surface area contributed by atoms with E-state index in [1.165, 1.54) is 62.7 Å². The summed E-state index contributed by atoms with van der Waals surface area (Å²) < 4.78 is 1.14. The van der Waals surface area contributed by atoms with Gasteiger partial charge in [0, 0.05) is 4.47 Å². The number of allylic oxidation sites excluding steroid dienone is 6. The van der Waals surface area contributed by atoms with Crippen molar-refractivity contribution >= 4 is 21.7 Å². The Labute approximate surface area is 206 Å². The Morgan fingerprint density at radius 1 is 1.09 bits per heavy atom. The van der Waals surface area contributed by atoms with Crippen molar-refractivity contribution in [3.8, 4) is 0 Å². The van der Waals surface area contributed by atoms with Crippen LogP contribution >= 0.6 is 15.9 Å². The highest BCUT2D eigenvalue weighted by Gasteiger charge is 2.16. The lowest BCUT2D eigenvalue weighted by Crippen LogP contribution is -2.09. The highest BCUT2D eigenvalue weighted by Crippen LogP contribution is 2.31. The fourth-order valence-electron chi connectivity index (χ4n) is 3.14. The van der Waals surface area contributed by atoms with Crippen LogP contribution in [-0.4, -0.2) is 5.78 Å². The molecule has 1 saturated carbocycles. The quantitative estimate of drug-likeness (QED) is 0.268. The summed E-state index contributed by atoms with van der Waals surface area (Å²) in [6, 6.07) is 8.22. The zero-order valence-corrected chi connectivity index (χ0v) is 22.9. The van der Waals surface area contributed by atoms with Crippen LogP contribution in [-0.2, 0) is 4.79 Å². The van der Waals surface area contributed by atoms with Gasteiger partial charge in [0.05, 0.1) is 0 Å². The number of hydrogen-bond acceptors (Lipinski definition) is 1. The molecule has 1 nitrogen and oxygen atoms in total. The van der Waals surface area contributed by atoms with Crippen LogP contribution < -0.4 is 0 Å². The summed E-state index contributed by atoms with van der Waals surface area (Å²) >= 11 is 3.35. The van der Waals surface area contributed by atoms with Crippen molar-refractivity contribution in [3.63, 3.8) is 0 Å². The lowest BCUT2D eigenvalue weighted by Gasteiger charge is -2.24. The summed E-state index contributed by atoms with van der Waals surface area (Å²) in [4.78, 5) is 9.69. The van der Waals surface area contributed by atoms with Gasteiger partial charge >= 0.3 is 0 Å². The van der Waals surface area contributed by atoms with Gasteiger partial charge in [0.2, 0.25) is 0 Å². The van der Waals surface area contributed by atoms with E-state index in [2.05, 4.69) is 94.1 Å². The molecule has 2 rings (SSSR count). The lowest BCUT2D eigenvalue weighted by molar-refractivity contribution is -0.112. The topological polar surface area (TPSA) is 17.1 Å². The minimum Gasteiger partial charge on any atom is -0.295 e. The number of hydrogen-bond donors (Lipinski definition) is 0. The number of halogens is 1. The third kappa shape index (κ3) is 15.2. The van der Waals surface area contributed by atoms with E-state index < -0.39 is 0 Å². The van der Waals surface area contributed by atoms with Gasteiger partial charge in [-0.2, -0.15) is 0 Å². The number of ketones is 1. The number of aryl methyl sites for hydroxylation is 1. The molecule has 1 aliphatic rings. The van der Waals surface area contributed by atoms with E-state index in [1.807, 2.05) is 12.1 Å². The van der Waals surface area contributed by atoms with Crippen LogP contribution in [0.3, 0.4) is 0 Å². The van der Waals surface area contributed by atoms with Crippen LogP contribution in [0.2, 0.25) is 0 Å². The van der Waals surface area contributed by atoms with Crippen LogP contribution in [0.5, 0.6) is 0 Å². The molecule has 0 aromatic heterocycles. The zero-order chi connectivity index (χ0) is 24.5. The first-order valence-electron chi connectivity index (χ1n) is 12.0. The van der Waals surface area contributed by atoms with Gasteiger partial charge < -0.3 is 0 Å². The summed E-state index contributed by atoms with van der Waals surface area (Å²) in [5.41, 5.74) is 4.11. The summed E-state index contributed by atoms with van der Waals surface area (Å²) in [5, 5.41) is 0. The predicted molar refractivity (Wildman–Crippen MR) is 147 cm³/mol. The van der Waals surface area contributed by atoms with Crippen molar-refractivity contribution in [1.82, 2.24) is 0 Å². The molecule has 1 aliphatic carbocycles. The average Bonchev–Trinajstić information content (AvgIpc) is 2.79. The van der Waals surface area contributed by atoms with E-state index in [4.69, 9.17) is 0 Å². The second-order valence-corrected chi connectivity index (χ2v) is 9.98. The molecule has 178 valence electrons. The Hall–Kier alpha value is -1.67. The van der Waals surface area contributed by atoms with Crippen molar-refractivity contribution in [2.24, 2.45) is 17.8 Å². The molecule has 1 aromatic carbocycles. The Bertz CT molecular complexity index is 710.